The molecule has 3 amide bonds. The van der Waals surface area contributed by atoms with E-state index in [-0.39, 0.29) is 32.5 Å². The largest absolute Gasteiger partial charge is 0.477 e. The van der Waals surface area contributed by atoms with Gasteiger partial charge >= 0.3 is 11.9 Å². The van der Waals surface area contributed by atoms with Crippen molar-refractivity contribution in [2.75, 3.05) is 99.0 Å². The van der Waals surface area contributed by atoms with Gasteiger partial charge in [0.05, 0.1) is 135 Å². The normalized spacial score (nSPS) is 47.7. The second kappa shape index (κ2) is 51.9. The number of nitrogens with zero attached hydrogens (tertiary/aromatic N) is 1. The maximum Gasteiger partial charge on any atom is 0.364 e. The van der Waals surface area contributed by atoms with Crippen LogP contribution in [0.2, 0.25) is 0 Å². The molecule has 11 saturated heterocycles. The lowest BCUT2D eigenvalue weighted by Crippen LogP contribution is -2.74. The number of carbonyl (C=O) groups is 5. The molecule has 12 rings (SSSR count). The van der Waals surface area contributed by atoms with Gasteiger partial charge < -0.3 is 279 Å². The third kappa shape index (κ3) is 25.9. The monoisotopic (exact) mass is 2140 g/mol. The molecule has 12 aliphatic heterocycles. The van der Waals surface area contributed by atoms with E-state index >= 15 is 0 Å². The summed E-state index contributed by atoms with van der Waals surface area (Å²) in [6.07, 6.45) is -92.1. The number of carbonyl (C=O) groups excluding carboxylic acids is 3. The molecule has 0 spiro atoms. The first kappa shape index (κ1) is 121. The molecule has 0 aliphatic carbocycles. The maximum atomic E-state index is 13.0. The Kier molecular flexibility index (Phi) is 42.6. The summed E-state index contributed by atoms with van der Waals surface area (Å²) in [6.45, 7) is -8.31. The number of aliphatic hydroxyl groups excluding tert-OH is 29. The van der Waals surface area contributed by atoms with Crippen LogP contribution in [0.3, 0.4) is 0 Å². The highest BCUT2D eigenvalue weighted by Gasteiger charge is 2.66. The fourth-order valence-corrected chi connectivity index (χ4v) is 19.4. The minimum atomic E-state index is -3.08. The lowest BCUT2D eigenvalue weighted by Gasteiger charge is -2.52. The van der Waals surface area contributed by atoms with Crippen LogP contribution in [-0.2, 0) is 128 Å². The summed E-state index contributed by atoms with van der Waals surface area (Å²) >= 11 is 0. The summed E-state index contributed by atoms with van der Waals surface area (Å²) < 4.78 is 132. The zero-order valence-corrected chi connectivity index (χ0v) is 79.6. The van der Waals surface area contributed by atoms with Gasteiger partial charge in [0.15, 0.2) is 56.6 Å². The number of imide groups is 1. The number of nitrogens with two attached hydrogens (primary N) is 2. The quantitative estimate of drug-likeness (QED) is 0.0199. The number of hydrogen-bond acceptors (Lipinski definition) is 58. The third-order valence-electron chi connectivity index (χ3n) is 28.7. The van der Waals surface area contributed by atoms with Crippen molar-refractivity contribution < 1.29 is 286 Å². The van der Waals surface area contributed by atoms with Gasteiger partial charge in [-0.15, -0.1) is 0 Å². The molecule has 11 fully saturated rings. The number of ether oxygens (including phenoxy) is 22. The summed E-state index contributed by atoms with van der Waals surface area (Å²) in [7, 11) is 0. The predicted octanol–water partition coefficient (Wildman–Crippen LogP) is -21.0. The number of aliphatic hydroxyl groups is 29. The van der Waals surface area contributed by atoms with E-state index in [1.807, 2.05) is 0 Å². The zero-order chi connectivity index (χ0) is 108. The topological polar surface area (TPSA) is 983 Å². The van der Waals surface area contributed by atoms with Gasteiger partial charge in [-0.1, -0.05) is 27.7 Å². The summed E-state index contributed by atoms with van der Waals surface area (Å²) in [5.74, 6) is -16.6. The molecule has 147 heavy (non-hydrogen) atoms. The molecule has 36 N–H and O–H groups in total. The molecule has 12 aliphatic rings. The van der Waals surface area contributed by atoms with Crippen LogP contribution in [-0.4, -0.2) is 604 Å². The van der Waals surface area contributed by atoms with E-state index < -0.39 is 457 Å². The summed E-state index contributed by atoms with van der Waals surface area (Å²) in [4.78, 5) is 63.3. The van der Waals surface area contributed by atoms with Crippen LogP contribution in [0.5, 0.6) is 0 Å². The number of nitrogens with one attached hydrogen (secondary N) is 1. The van der Waals surface area contributed by atoms with Gasteiger partial charge in [-0.3, -0.25) is 19.3 Å². The minimum absolute atomic E-state index is 0.110. The molecule has 0 aromatic carbocycles. The molecule has 12 heterocycles. The van der Waals surface area contributed by atoms with Crippen LogP contribution in [0.25, 0.3) is 0 Å². The van der Waals surface area contributed by atoms with Gasteiger partial charge in [0, 0.05) is 68.2 Å². The van der Waals surface area contributed by atoms with Crippen LogP contribution in [0.4, 0.5) is 0 Å². The highest BCUT2D eigenvalue weighted by molar-refractivity contribution is 6.13. The maximum absolute atomic E-state index is 13.0. The van der Waals surface area contributed by atoms with E-state index in [4.69, 9.17) is 116 Å². The van der Waals surface area contributed by atoms with Crippen LogP contribution in [0.15, 0.2) is 12.2 Å². The average Bonchev–Trinajstić information content (AvgIpc) is 1.31. The molecular weight excluding hydrogens is 2000 g/mol. The fraction of sp³-hybridized carbons (Fsp3) is 0.918. The minimum Gasteiger partial charge on any atom is -0.477 e. The lowest BCUT2D eigenvalue weighted by molar-refractivity contribution is -0.400. The van der Waals surface area contributed by atoms with Crippen molar-refractivity contribution in [1.29, 1.82) is 0 Å². The fourth-order valence-electron chi connectivity index (χ4n) is 19.4. The van der Waals surface area contributed by atoms with E-state index in [0.717, 1.165) is 17.1 Å². The Labute approximate surface area is 835 Å². The Morgan fingerprint density at radius 2 is 0.830 bits per heavy atom. The molecule has 0 radical (unpaired) electrons. The summed E-state index contributed by atoms with van der Waals surface area (Å²) in [6, 6.07) is -3.35. The van der Waals surface area contributed by atoms with E-state index in [0.29, 0.717) is 0 Å². The molecule has 0 saturated carbocycles. The molecule has 0 aromatic rings. The van der Waals surface area contributed by atoms with E-state index in [9.17, 15) is 182 Å². The Morgan fingerprint density at radius 1 is 0.422 bits per heavy atom. The first-order valence-electron chi connectivity index (χ1n) is 47.8. The van der Waals surface area contributed by atoms with Crippen molar-refractivity contribution in [3.05, 3.63) is 12.2 Å². The van der Waals surface area contributed by atoms with E-state index in [2.05, 4.69) is 5.32 Å². The van der Waals surface area contributed by atoms with Gasteiger partial charge in [0.1, 0.15) is 195 Å². The second-order valence-corrected chi connectivity index (χ2v) is 38.5. The number of hydrogen-bond donors (Lipinski definition) is 34. The Morgan fingerprint density at radius 3 is 1.31 bits per heavy atom. The molecule has 0 aromatic heterocycles. The standard InChI is InChI=1S/C85H140N4O58/c1-26-11-33(34(15-91)131-72(26)140-64-37(18-94)134-73(27(2)48(64)106)126-10-8-88-44(103)7-9-89-45(104)5-6-46(89)105)130-78-63(121)68(143-80-70(60(118)53(111)36(17-93)133-80)145-75-29(4)50(108)66(39(20-96)136-75)142-77-62(120)58(116)55(113)42(139-77)24-129-85(82(124)125)13-31(100)71(87)83(25-98,147-85)43(102)21-97)56(114)40(137-78)22-127-79-69(59(117)52(110)35(16-92)132-79)144-74-28(3)49(107)65(38(19-95)135-74)141-76-61(119)57(115)54(112)41(138-76)23-128-84(81(122)123)12-30(99)47(86)67(146-84)51(109)32(101)14-90/h5-6,26-43,47-80,90-102,106-121H,7-25,86-87H2,1-4H3,(H,88,103)(H,122,123)(H,124,125)/t26?,27?,28?,29?,30?,31?,32-,33?,34?,35?,36?,37?,38?,39?,40?,41?,42?,43-,47?,48?,49?,50?,51-,52?,53?,54?,55?,56?,57?,58?,59?,60?,61?,62?,63?,64?,65?,66?,67?,68?,69?,70?,71?,72?,73?,74?,75?,76?,77?,78?,79?,80?,83?,84?,85?/m1/s1. The molecule has 0 bridgehead atoms. The molecule has 848 valence electrons. The third-order valence-corrected chi connectivity index (χ3v) is 28.7. The lowest BCUT2D eigenvalue weighted by atomic mass is 9.80. The average molecular weight is 2150 g/mol. The SMILES string of the molecule is CC1CC(OC2OC(COC3OC(CO)C(O)C(O)C3OC3OC(CO)C(OC4OC(COC5(C(=O)O)CC(O)C(N)C([C@H](O)[C@H](O)CO)O5)C(O)C(O)C4O)C(O)C3C)C(O)C(OC3OC(CO)C(O)C(O)C3OC3OC(CO)C(OC4OC(COC5(C(=O)O)CC(O)C(N)C(CO)([C@H](O)CO)O5)C(O)C(O)C4O)C(O)C3C)C2O)C(CO)OC1OC1C(CO)OC(OCCNC(=O)CCN2C(=O)C=CC2=O)C(C)C1O. The molecule has 62 nitrogen and oxygen atoms in total. The smallest absolute Gasteiger partial charge is 0.364 e. The van der Waals surface area contributed by atoms with Crippen LogP contribution in [0, 0.1) is 23.7 Å². The van der Waals surface area contributed by atoms with Crippen molar-refractivity contribution in [2.24, 2.45) is 35.1 Å². The second-order valence-electron chi connectivity index (χ2n) is 38.5. The van der Waals surface area contributed by atoms with Crippen LogP contribution in [0.1, 0.15) is 53.4 Å². The summed E-state index contributed by atoms with van der Waals surface area (Å²) in [5.41, 5.74) is 9.39. The number of carboxylic acids is 2. The van der Waals surface area contributed by atoms with Gasteiger partial charge in [-0.05, 0) is 6.42 Å². The molecule has 52 unspecified atom stereocenters. The van der Waals surface area contributed by atoms with E-state index in [1.54, 1.807) is 6.92 Å². The Hall–Kier alpha value is -4.83. The zero-order valence-electron chi connectivity index (χ0n) is 79.6. The number of carboxylic acid groups (broad SMARTS) is 2. The predicted molar refractivity (Wildman–Crippen MR) is 459 cm³/mol. The van der Waals surface area contributed by atoms with E-state index in [1.165, 1.54) is 20.8 Å². The Bertz CT molecular complexity index is 4180. The molecule has 62 heteroatoms. The van der Waals surface area contributed by atoms with Crippen LogP contribution < -0.4 is 16.8 Å². The van der Waals surface area contributed by atoms with Gasteiger partial charge in [-0.25, -0.2) is 9.59 Å². The van der Waals surface area contributed by atoms with Crippen molar-refractivity contribution in [3.63, 3.8) is 0 Å². The highest BCUT2D eigenvalue weighted by atomic mass is 16.8. The number of rotatable bonds is 44. The number of amides is 3. The molecule has 55 atom stereocenters. The van der Waals surface area contributed by atoms with Gasteiger partial charge in [-0.2, -0.15) is 0 Å². The van der Waals surface area contributed by atoms with Crippen LogP contribution >= 0.6 is 0 Å². The van der Waals surface area contributed by atoms with Crippen molar-refractivity contribution >= 4 is 29.7 Å². The summed E-state index contributed by atoms with van der Waals surface area (Å²) in [5, 5.41) is 348. The molecular formula is C85H140N4O58. The van der Waals surface area contributed by atoms with Crippen molar-refractivity contribution in [1.82, 2.24) is 10.2 Å². The first-order chi connectivity index (χ1) is 69.5. The van der Waals surface area contributed by atoms with Gasteiger partial charge in [0.2, 0.25) is 5.91 Å². The first-order valence-corrected chi connectivity index (χ1v) is 47.8. The number of aliphatic carboxylic acids is 2. The van der Waals surface area contributed by atoms with Crippen molar-refractivity contribution in [2.45, 2.75) is 365 Å². The Balaban J connectivity index is 0.770. The van der Waals surface area contributed by atoms with Crippen molar-refractivity contribution in [3.8, 4) is 0 Å². The van der Waals surface area contributed by atoms with Gasteiger partial charge in [0.25, 0.3) is 23.4 Å². The highest BCUT2D eigenvalue weighted by Crippen LogP contribution is 2.46.